The number of benzene rings is 1. The Hall–Kier alpha value is -4.95. The van der Waals surface area contributed by atoms with E-state index in [1.165, 1.54) is 22.3 Å². The minimum absolute atomic E-state index is 0.173. The second-order valence-corrected chi connectivity index (χ2v) is 8.17. The third-order valence-corrected chi connectivity index (χ3v) is 5.81. The van der Waals surface area contributed by atoms with Crippen LogP contribution in [0.5, 0.6) is 0 Å². The van der Waals surface area contributed by atoms with E-state index < -0.39 is 18.0 Å². The second-order valence-electron chi connectivity index (χ2n) is 8.17. The molecule has 0 saturated carbocycles. The first-order valence-corrected chi connectivity index (χ1v) is 11.3. The number of hydrogen-bond donors (Lipinski definition) is 1. The van der Waals surface area contributed by atoms with Crippen LogP contribution in [-0.4, -0.2) is 75.6 Å². The number of carbonyl (C=O) groups excluding carboxylic acids is 2. The number of hydrogen-bond acceptors (Lipinski definition) is 10. The number of halogens is 1. The van der Waals surface area contributed by atoms with Gasteiger partial charge in [-0.15, -0.1) is 5.10 Å². The number of pyridine rings is 1. The summed E-state index contributed by atoms with van der Waals surface area (Å²) in [5.41, 5.74) is 1.31. The molecule has 2 N–H and O–H groups in total. The van der Waals surface area contributed by atoms with E-state index in [1.54, 1.807) is 52.4 Å². The first-order valence-electron chi connectivity index (χ1n) is 11.3. The number of nitrogens with zero attached hydrogens (tertiary/aromatic N) is 10. The van der Waals surface area contributed by atoms with Gasteiger partial charge in [-0.1, -0.05) is 10.4 Å². The van der Waals surface area contributed by atoms with E-state index >= 15 is 4.39 Å². The minimum Gasteiger partial charge on any atom is -0.442 e. The molecule has 190 valence electrons. The average Bonchev–Trinajstić information content (AvgIpc) is 3.57. The summed E-state index contributed by atoms with van der Waals surface area (Å²) in [6.07, 6.45) is 5.29. The lowest BCUT2D eigenvalue weighted by molar-refractivity contribution is -0.129. The van der Waals surface area contributed by atoms with Gasteiger partial charge in [0.05, 0.1) is 31.5 Å². The fourth-order valence-electron chi connectivity index (χ4n) is 3.98. The zero-order valence-electron chi connectivity index (χ0n) is 19.5. The molecule has 14 nitrogen and oxygen atoms in total. The van der Waals surface area contributed by atoms with Crippen LogP contribution in [0.4, 0.5) is 20.7 Å². The van der Waals surface area contributed by atoms with Crippen molar-refractivity contribution in [1.29, 1.82) is 0 Å². The fourth-order valence-corrected chi connectivity index (χ4v) is 3.98. The number of amides is 2. The Balaban J connectivity index is 1.24. The van der Waals surface area contributed by atoms with Crippen molar-refractivity contribution >= 4 is 29.8 Å². The van der Waals surface area contributed by atoms with E-state index in [0.29, 0.717) is 42.3 Å². The number of aromatic nitrogens is 4. The highest BCUT2D eigenvalue weighted by Gasteiger charge is 2.33. The molecule has 2 amide bonds. The van der Waals surface area contributed by atoms with E-state index in [0.717, 1.165) is 0 Å². The minimum atomic E-state index is -0.546. The number of cyclic esters (lactones) is 1. The maximum absolute atomic E-state index is 15.1. The third-order valence-electron chi connectivity index (χ3n) is 5.81. The molecule has 0 aliphatic carbocycles. The van der Waals surface area contributed by atoms with E-state index in [4.69, 9.17) is 10.6 Å². The van der Waals surface area contributed by atoms with E-state index in [9.17, 15) is 9.59 Å². The Kier molecular flexibility index (Phi) is 6.65. The summed E-state index contributed by atoms with van der Waals surface area (Å²) in [6, 6.07) is 8.05. The summed E-state index contributed by atoms with van der Waals surface area (Å²) in [6.45, 7) is 1.26. The SMILES string of the molecule is NN=NCC(=O)N1CCN(c2ccc(-c3ccc(N4C[C@H](Cn5ccnn5)OC4=O)cc3F)cn2)C=N1. The van der Waals surface area contributed by atoms with Crippen molar-refractivity contribution in [2.75, 3.05) is 36.0 Å². The smallest absolute Gasteiger partial charge is 0.414 e. The quantitative estimate of drug-likeness (QED) is 0.285. The van der Waals surface area contributed by atoms with Gasteiger partial charge in [0, 0.05) is 30.1 Å². The lowest BCUT2D eigenvalue weighted by Gasteiger charge is -2.27. The molecular weight excluding hydrogens is 485 g/mol. The molecule has 4 heterocycles. The number of rotatable bonds is 7. The van der Waals surface area contributed by atoms with Crippen LogP contribution in [0.1, 0.15) is 0 Å². The van der Waals surface area contributed by atoms with Gasteiger partial charge in [0.1, 0.15) is 30.6 Å². The molecular formula is C22H22FN11O3. The molecule has 3 aromatic rings. The standard InChI is InChI=1S/C22H22FN11O3/c23-19-9-16(33-13-17(37-22(33)36)12-32-6-5-26-30-32)2-3-18(19)15-1-4-20(25-10-15)31-7-8-34(28-14-31)21(35)11-27-29-24/h1-6,9-10,14,17H,7-8,11-13H2,(H2,24,27)/t17-/m0/s1. The average molecular weight is 507 g/mol. The topological polar surface area (TPSA) is 160 Å². The summed E-state index contributed by atoms with van der Waals surface area (Å²) >= 11 is 0. The largest absolute Gasteiger partial charge is 0.442 e. The van der Waals surface area contributed by atoms with Gasteiger partial charge in [0.25, 0.3) is 5.91 Å². The van der Waals surface area contributed by atoms with Gasteiger partial charge in [-0.25, -0.2) is 23.9 Å². The zero-order chi connectivity index (χ0) is 25.8. The summed E-state index contributed by atoms with van der Waals surface area (Å²) in [4.78, 5) is 31.9. The molecule has 1 fully saturated rings. The maximum atomic E-state index is 15.1. The molecule has 0 unspecified atom stereocenters. The molecule has 0 radical (unpaired) electrons. The van der Waals surface area contributed by atoms with Crippen LogP contribution in [0.3, 0.4) is 0 Å². The van der Waals surface area contributed by atoms with Crippen molar-refractivity contribution in [2.24, 2.45) is 21.3 Å². The molecule has 0 spiro atoms. The van der Waals surface area contributed by atoms with E-state index in [2.05, 4.69) is 30.7 Å². The summed E-state index contributed by atoms with van der Waals surface area (Å²) in [7, 11) is 0. The van der Waals surface area contributed by atoms with E-state index in [-0.39, 0.29) is 19.0 Å². The number of ether oxygens (including phenoxy) is 1. The second kappa shape index (κ2) is 10.3. The third kappa shape index (κ3) is 5.19. The van der Waals surface area contributed by atoms with Crippen LogP contribution < -0.4 is 15.6 Å². The van der Waals surface area contributed by atoms with Crippen molar-refractivity contribution in [3.63, 3.8) is 0 Å². The van der Waals surface area contributed by atoms with E-state index in [1.807, 2.05) is 0 Å². The Morgan fingerprint density at radius 1 is 1.24 bits per heavy atom. The molecule has 37 heavy (non-hydrogen) atoms. The Morgan fingerprint density at radius 3 is 2.81 bits per heavy atom. The highest BCUT2D eigenvalue weighted by atomic mass is 19.1. The lowest BCUT2D eigenvalue weighted by atomic mass is 10.1. The van der Waals surface area contributed by atoms with Crippen molar-refractivity contribution in [3.8, 4) is 11.1 Å². The molecule has 1 atom stereocenters. The Bertz CT molecular complexity index is 1330. The van der Waals surface area contributed by atoms with Gasteiger partial charge in [-0.05, 0) is 30.3 Å². The molecule has 2 aliphatic rings. The monoisotopic (exact) mass is 507 g/mol. The molecule has 5 rings (SSSR count). The number of anilines is 2. The first-order chi connectivity index (χ1) is 18.0. The maximum Gasteiger partial charge on any atom is 0.414 e. The van der Waals surface area contributed by atoms with Gasteiger partial charge in [-0.2, -0.15) is 10.2 Å². The lowest BCUT2D eigenvalue weighted by Crippen LogP contribution is -2.41. The molecule has 2 aliphatic heterocycles. The molecule has 2 aromatic heterocycles. The van der Waals surface area contributed by atoms with Gasteiger partial charge >= 0.3 is 6.09 Å². The van der Waals surface area contributed by atoms with Gasteiger partial charge in [0.15, 0.2) is 0 Å². The van der Waals surface area contributed by atoms with Crippen LogP contribution in [0.2, 0.25) is 0 Å². The molecule has 1 saturated heterocycles. The predicted octanol–water partition coefficient (Wildman–Crippen LogP) is 1.42. The number of hydrazone groups is 1. The Morgan fingerprint density at radius 2 is 2.14 bits per heavy atom. The van der Waals surface area contributed by atoms with Crippen molar-refractivity contribution in [3.05, 3.63) is 54.7 Å². The van der Waals surface area contributed by atoms with Crippen molar-refractivity contribution < 1.29 is 18.7 Å². The normalized spacial score (nSPS) is 17.6. The highest BCUT2D eigenvalue weighted by Crippen LogP contribution is 2.29. The zero-order valence-corrected chi connectivity index (χ0v) is 19.5. The van der Waals surface area contributed by atoms with Gasteiger partial charge < -0.3 is 15.5 Å². The van der Waals surface area contributed by atoms with Gasteiger partial charge in [0.2, 0.25) is 0 Å². The number of carbonyl (C=O) groups is 2. The molecule has 0 bridgehead atoms. The molecule has 1 aromatic carbocycles. The van der Waals surface area contributed by atoms with Crippen molar-refractivity contribution in [1.82, 2.24) is 25.0 Å². The van der Waals surface area contributed by atoms with Crippen LogP contribution >= 0.6 is 0 Å². The van der Waals surface area contributed by atoms with Crippen LogP contribution in [-0.2, 0) is 16.1 Å². The van der Waals surface area contributed by atoms with Crippen molar-refractivity contribution in [2.45, 2.75) is 12.6 Å². The highest BCUT2D eigenvalue weighted by molar-refractivity contribution is 5.90. The predicted molar refractivity (Wildman–Crippen MR) is 129 cm³/mol. The van der Waals surface area contributed by atoms with Crippen LogP contribution in [0, 0.1) is 5.82 Å². The van der Waals surface area contributed by atoms with Crippen LogP contribution in [0.15, 0.2) is 64.4 Å². The number of nitrogens with two attached hydrogens (primary N) is 1. The fraction of sp³-hybridized carbons (Fsp3) is 0.273. The Labute approximate surface area is 209 Å². The molecule has 15 heteroatoms. The van der Waals surface area contributed by atoms with Gasteiger partial charge in [-0.3, -0.25) is 9.69 Å². The summed E-state index contributed by atoms with van der Waals surface area (Å²) < 4.78 is 22.0. The summed E-state index contributed by atoms with van der Waals surface area (Å²) in [5, 5.41) is 19.5. The van der Waals surface area contributed by atoms with Crippen LogP contribution in [0.25, 0.3) is 11.1 Å². The first kappa shape index (κ1) is 23.8. The summed E-state index contributed by atoms with van der Waals surface area (Å²) in [5.74, 6) is 4.70.